The number of ether oxygens (including phenoxy) is 1. The zero-order valence-electron chi connectivity index (χ0n) is 20.9. The maximum Gasteiger partial charge on any atom is 0.317 e. The molecule has 1 fully saturated rings. The average molecular weight is 507 g/mol. The number of carbonyl (C=O) groups is 1. The molecule has 1 saturated heterocycles. The van der Waals surface area contributed by atoms with Crippen LogP contribution < -0.4 is 10.1 Å². The lowest BCUT2D eigenvalue weighted by molar-refractivity contribution is 0.0833. The Bertz CT molecular complexity index is 1150. The molecule has 0 saturated carbocycles. The molecule has 7 nitrogen and oxygen atoms in total. The van der Waals surface area contributed by atoms with E-state index in [2.05, 4.69) is 23.5 Å². The van der Waals surface area contributed by atoms with Gasteiger partial charge in [0.05, 0.1) is 29.1 Å². The third kappa shape index (κ3) is 6.03. The highest BCUT2D eigenvalue weighted by atomic mass is 32.2. The number of β-amino-alcohol motifs (C(OH)–C–C–N with tert-alkyl or cyclic N) is 1. The molecule has 36 heavy (non-hydrogen) atoms. The Balaban J connectivity index is 1.44. The second kappa shape index (κ2) is 11.8. The first-order valence-electron chi connectivity index (χ1n) is 12.6. The van der Waals surface area contributed by atoms with Crippen molar-refractivity contribution in [2.24, 2.45) is 0 Å². The molecule has 1 aliphatic heterocycles. The second-order valence-corrected chi connectivity index (χ2v) is 10.8. The lowest BCUT2D eigenvalue weighted by Gasteiger charge is -2.31. The molecule has 0 aromatic heterocycles. The lowest BCUT2D eigenvalue weighted by atomic mass is 10.00. The van der Waals surface area contributed by atoms with Gasteiger partial charge >= 0.3 is 6.03 Å². The van der Waals surface area contributed by atoms with Gasteiger partial charge in [-0.3, -0.25) is 0 Å². The molecule has 2 aliphatic rings. The molecule has 0 bridgehead atoms. The third-order valence-corrected chi connectivity index (χ3v) is 7.95. The number of nitrogens with zero attached hydrogens (tertiary/aromatic N) is 2. The number of fused-ring (bicyclic) bond motifs is 1. The standard InChI is InChI=1S/C28H34N4O3S/c1-18(2)35-26-11-8-19(13-20(26)14-29)17-36-27(15-30)24-7-3-6-23-22(24)9-10-25(23)31-28(34)32-12-4-5-21(33)16-32/h3,6-8,11,13,15,18,21,25,27,30,33H,4-5,9-10,12,16-17H2,1-2H3,(H,31,34). The van der Waals surface area contributed by atoms with Crippen molar-refractivity contribution in [1.29, 1.82) is 10.7 Å². The predicted molar refractivity (Wildman–Crippen MR) is 143 cm³/mol. The molecule has 2 amide bonds. The van der Waals surface area contributed by atoms with E-state index in [1.54, 1.807) is 16.7 Å². The van der Waals surface area contributed by atoms with Crippen LogP contribution in [0.1, 0.15) is 72.2 Å². The van der Waals surface area contributed by atoms with Crippen LogP contribution in [0.4, 0.5) is 4.79 Å². The summed E-state index contributed by atoms with van der Waals surface area (Å²) in [4.78, 5) is 14.5. The van der Waals surface area contributed by atoms with Gasteiger partial charge in [-0.25, -0.2) is 4.79 Å². The SMILES string of the molecule is CC(C)Oc1ccc(CSC(C=N)c2cccc3c2CCC3NC(=O)N2CCCC(O)C2)cc1C#N. The fourth-order valence-electron chi connectivity index (χ4n) is 5.00. The highest BCUT2D eigenvalue weighted by Crippen LogP contribution is 2.40. The normalized spacial score (nSPS) is 19.9. The van der Waals surface area contributed by atoms with Crippen molar-refractivity contribution >= 4 is 24.0 Å². The fraction of sp³-hybridized carbons (Fsp3) is 0.464. The van der Waals surface area contributed by atoms with E-state index in [9.17, 15) is 15.2 Å². The molecule has 190 valence electrons. The first kappa shape index (κ1) is 26.1. The van der Waals surface area contributed by atoms with Crippen LogP contribution in [0.3, 0.4) is 0 Å². The van der Waals surface area contributed by atoms with Crippen LogP contribution >= 0.6 is 11.8 Å². The number of hydrogen-bond acceptors (Lipinski definition) is 6. The smallest absolute Gasteiger partial charge is 0.317 e. The Morgan fingerprint density at radius 3 is 2.92 bits per heavy atom. The van der Waals surface area contributed by atoms with Crippen LogP contribution in [0, 0.1) is 16.7 Å². The Labute approximate surface area is 217 Å². The molecular weight excluding hydrogens is 472 g/mol. The number of rotatable bonds is 8. The number of aliphatic hydroxyl groups is 1. The van der Waals surface area contributed by atoms with Gasteiger partial charge in [-0.15, -0.1) is 11.8 Å². The van der Waals surface area contributed by atoms with Crippen LogP contribution in [-0.2, 0) is 12.2 Å². The van der Waals surface area contributed by atoms with Gasteiger partial charge < -0.3 is 25.5 Å². The van der Waals surface area contributed by atoms with Crippen molar-refractivity contribution < 1.29 is 14.6 Å². The van der Waals surface area contributed by atoms with E-state index in [0.717, 1.165) is 42.4 Å². The van der Waals surface area contributed by atoms with Crippen LogP contribution in [-0.4, -0.2) is 47.5 Å². The molecular formula is C28H34N4O3S. The van der Waals surface area contributed by atoms with E-state index in [0.29, 0.717) is 30.2 Å². The van der Waals surface area contributed by atoms with E-state index in [1.807, 2.05) is 38.1 Å². The van der Waals surface area contributed by atoms with Gasteiger partial charge in [0.15, 0.2) is 0 Å². The zero-order valence-corrected chi connectivity index (χ0v) is 21.7. The Morgan fingerprint density at radius 2 is 2.19 bits per heavy atom. The van der Waals surface area contributed by atoms with Gasteiger partial charge in [0.1, 0.15) is 11.8 Å². The van der Waals surface area contributed by atoms with Crippen LogP contribution in [0.15, 0.2) is 36.4 Å². The summed E-state index contributed by atoms with van der Waals surface area (Å²) < 4.78 is 5.73. The van der Waals surface area contributed by atoms with Gasteiger partial charge in [0.25, 0.3) is 0 Å². The van der Waals surface area contributed by atoms with Crippen LogP contribution in [0.25, 0.3) is 0 Å². The van der Waals surface area contributed by atoms with Crippen molar-refractivity contribution in [3.05, 3.63) is 64.2 Å². The summed E-state index contributed by atoms with van der Waals surface area (Å²) >= 11 is 1.65. The van der Waals surface area contributed by atoms with E-state index >= 15 is 0 Å². The fourth-order valence-corrected chi connectivity index (χ4v) is 6.05. The van der Waals surface area contributed by atoms with E-state index in [-0.39, 0.29) is 23.4 Å². The third-order valence-electron chi connectivity index (χ3n) is 6.70. The number of piperidine rings is 1. The number of amides is 2. The molecule has 3 unspecified atom stereocenters. The monoisotopic (exact) mass is 506 g/mol. The van der Waals surface area contributed by atoms with Crippen molar-refractivity contribution in [2.45, 2.75) is 68.8 Å². The number of hydrogen-bond donors (Lipinski definition) is 3. The van der Waals surface area contributed by atoms with E-state index < -0.39 is 6.10 Å². The number of likely N-dealkylation sites (tertiary alicyclic amines) is 1. The molecule has 3 atom stereocenters. The highest BCUT2D eigenvalue weighted by molar-refractivity contribution is 7.99. The minimum Gasteiger partial charge on any atom is -0.490 e. The Hall–Kier alpha value is -3.02. The summed E-state index contributed by atoms with van der Waals surface area (Å²) in [6.45, 7) is 4.93. The molecule has 0 spiro atoms. The predicted octanol–water partition coefficient (Wildman–Crippen LogP) is 5.12. The molecule has 2 aromatic carbocycles. The average Bonchev–Trinajstić information content (AvgIpc) is 3.28. The largest absolute Gasteiger partial charge is 0.490 e. The van der Waals surface area contributed by atoms with Crippen LogP contribution in [0.2, 0.25) is 0 Å². The van der Waals surface area contributed by atoms with Gasteiger partial charge in [-0.1, -0.05) is 24.3 Å². The van der Waals surface area contributed by atoms with Gasteiger partial charge in [-0.2, -0.15) is 5.26 Å². The number of benzene rings is 2. The van der Waals surface area contributed by atoms with Crippen molar-refractivity contribution in [3.63, 3.8) is 0 Å². The Kier molecular flexibility index (Phi) is 8.55. The molecule has 1 aliphatic carbocycles. The topological polar surface area (TPSA) is 109 Å². The second-order valence-electron chi connectivity index (χ2n) is 9.71. The van der Waals surface area contributed by atoms with Crippen molar-refractivity contribution in [1.82, 2.24) is 10.2 Å². The quantitative estimate of drug-likeness (QED) is 0.431. The van der Waals surface area contributed by atoms with Crippen LogP contribution in [0.5, 0.6) is 5.75 Å². The van der Waals surface area contributed by atoms with Gasteiger partial charge in [-0.05, 0) is 73.9 Å². The minimum absolute atomic E-state index is 0.000137. The summed E-state index contributed by atoms with van der Waals surface area (Å²) in [6, 6.07) is 13.9. The van der Waals surface area contributed by atoms with Gasteiger partial charge in [0, 0.05) is 25.1 Å². The molecule has 4 rings (SSSR count). The molecule has 0 radical (unpaired) electrons. The highest BCUT2D eigenvalue weighted by Gasteiger charge is 2.30. The molecule has 8 heteroatoms. The first-order valence-corrected chi connectivity index (χ1v) is 13.6. The summed E-state index contributed by atoms with van der Waals surface area (Å²) in [6.07, 6.45) is 4.27. The maximum absolute atomic E-state index is 12.8. The number of urea groups is 1. The minimum atomic E-state index is -0.444. The van der Waals surface area contributed by atoms with Gasteiger partial charge in [0.2, 0.25) is 0 Å². The van der Waals surface area contributed by atoms with E-state index in [1.165, 1.54) is 11.8 Å². The summed E-state index contributed by atoms with van der Waals surface area (Å²) in [5.41, 5.74) is 4.97. The van der Waals surface area contributed by atoms with Crippen molar-refractivity contribution in [2.75, 3.05) is 13.1 Å². The summed E-state index contributed by atoms with van der Waals surface area (Å²) in [7, 11) is 0. The molecule has 1 heterocycles. The lowest BCUT2D eigenvalue weighted by Crippen LogP contribution is -2.47. The Morgan fingerprint density at radius 1 is 1.36 bits per heavy atom. The summed E-state index contributed by atoms with van der Waals surface area (Å²) in [5, 5.41) is 30.6. The maximum atomic E-state index is 12.8. The zero-order chi connectivity index (χ0) is 25.7. The number of thioether (sulfide) groups is 1. The first-order chi connectivity index (χ1) is 17.4. The summed E-state index contributed by atoms with van der Waals surface area (Å²) in [5.74, 6) is 1.26. The van der Waals surface area contributed by atoms with E-state index in [4.69, 9.17) is 10.1 Å². The molecule has 2 aromatic rings. The van der Waals surface area contributed by atoms with Crippen molar-refractivity contribution in [3.8, 4) is 11.8 Å². The number of nitriles is 1. The number of nitrogens with one attached hydrogen (secondary N) is 2. The number of carbonyl (C=O) groups excluding carboxylic acids is 1. The number of aliphatic hydroxyl groups excluding tert-OH is 1. The molecule has 3 N–H and O–H groups in total.